The Hall–Kier alpha value is -2.65. The topological polar surface area (TPSA) is 99.7 Å². The van der Waals surface area contributed by atoms with Crippen molar-refractivity contribution in [2.24, 2.45) is 5.92 Å². The summed E-state index contributed by atoms with van der Waals surface area (Å²) in [5.74, 6) is 1.58. The molecular weight excluding hydrogens is 524 g/mol. The summed E-state index contributed by atoms with van der Waals surface area (Å²) in [6.07, 6.45) is 8.10. The maximum atomic E-state index is 13.5. The molecule has 2 amide bonds. The summed E-state index contributed by atoms with van der Waals surface area (Å²) in [6.45, 7) is 4.85. The van der Waals surface area contributed by atoms with E-state index in [0.717, 1.165) is 12.1 Å². The number of rotatable bonds is 6. The summed E-state index contributed by atoms with van der Waals surface area (Å²) in [5, 5.41) is 2.84. The van der Waals surface area contributed by atoms with E-state index in [2.05, 4.69) is 16.3 Å². The highest BCUT2D eigenvalue weighted by atomic mass is 35.5. The number of carbonyl (C=O) groups excluding carboxylic acids is 2. The third-order valence-corrected chi connectivity index (χ3v) is 9.43. The standard InChI is InChI=1S/C28H34N4O4S.ClH/c1-17-15-30-27(33)25(17)20-7-8-22(24(14-20)37(2,35)36)28(34)32-11-9-31(10-12-32)26-23(19-5-6-19)13-21(16-29-26)18-3-4-18;/h7-8,13-14,16-19,25H,3-6,9-12,15H2,1-2H3,(H,30,33);1H/t17?,25-;/m0./s1. The second-order valence-corrected chi connectivity index (χ2v) is 13.2. The van der Waals surface area contributed by atoms with Crippen molar-refractivity contribution < 1.29 is 18.0 Å². The smallest absolute Gasteiger partial charge is 0.255 e. The lowest BCUT2D eigenvalue weighted by atomic mass is 9.89. The molecule has 1 aromatic carbocycles. The van der Waals surface area contributed by atoms with Gasteiger partial charge in [-0.1, -0.05) is 19.1 Å². The molecule has 38 heavy (non-hydrogen) atoms. The number of nitrogens with zero attached hydrogens (tertiary/aromatic N) is 3. The number of sulfone groups is 1. The van der Waals surface area contributed by atoms with E-state index in [4.69, 9.17) is 4.98 Å². The third-order valence-electron chi connectivity index (χ3n) is 8.29. The van der Waals surface area contributed by atoms with Gasteiger partial charge in [-0.15, -0.1) is 12.4 Å². The zero-order valence-corrected chi connectivity index (χ0v) is 23.5. The molecule has 2 aromatic rings. The minimum Gasteiger partial charge on any atom is -0.355 e. The van der Waals surface area contributed by atoms with Crippen LogP contribution in [-0.2, 0) is 14.6 Å². The first-order chi connectivity index (χ1) is 17.7. The third kappa shape index (κ3) is 5.15. The molecule has 204 valence electrons. The van der Waals surface area contributed by atoms with Crippen molar-refractivity contribution in [1.82, 2.24) is 15.2 Å². The Morgan fingerprint density at radius 3 is 2.26 bits per heavy atom. The first-order valence-electron chi connectivity index (χ1n) is 13.4. The molecule has 3 heterocycles. The van der Waals surface area contributed by atoms with Gasteiger partial charge < -0.3 is 15.1 Å². The molecule has 4 fully saturated rings. The summed E-state index contributed by atoms with van der Waals surface area (Å²) in [4.78, 5) is 34.7. The van der Waals surface area contributed by atoms with Gasteiger partial charge in [0.15, 0.2) is 9.84 Å². The number of pyridine rings is 1. The van der Waals surface area contributed by atoms with Gasteiger partial charge in [-0.05, 0) is 72.3 Å². The van der Waals surface area contributed by atoms with Crippen LogP contribution in [0.5, 0.6) is 0 Å². The Kier molecular flexibility index (Phi) is 7.20. The maximum absolute atomic E-state index is 13.5. The molecule has 6 rings (SSSR count). The molecular formula is C28H35ClN4O4S. The van der Waals surface area contributed by atoms with E-state index < -0.39 is 15.8 Å². The molecule has 1 unspecified atom stereocenters. The molecule has 0 spiro atoms. The van der Waals surface area contributed by atoms with E-state index in [9.17, 15) is 18.0 Å². The van der Waals surface area contributed by atoms with Gasteiger partial charge in [0, 0.05) is 45.2 Å². The Labute approximate surface area is 230 Å². The van der Waals surface area contributed by atoms with Crippen LogP contribution in [0.15, 0.2) is 35.4 Å². The molecule has 2 atom stereocenters. The highest BCUT2D eigenvalue weighted by Gasteiger charge is 2.36. The molecule has 1 aromatic heterocycles. The second kappa shape index (κ2) is 10.2. The van der Waals surface area contributed by atoms with Crippen LogP contribution in [0.25, 0.3) is 0 Å². The fourth-order valence-corrected chi connectivity index (χ4v) is 6.73. The van der Waals surface area contributed by atoms with Crippen molar-refractivity contribution in [2.45, 2.75) is 55.3 Å². The van der Waals surface area contributed by atoms with E-state index in [1.807, 2.05) is 13.1 Å². The number of anilines is 1. The van der Waals surface area contributed by atoms with Crippen molar-refractivity contribution in [3.63, 3.8) is 0 Å². The predicted molar refractivity (Wildman–Crippen MR) is 148 cm³/mol. The fraction of sp³-hybridized carbons (Fsp3) is 0.536. The van der Waals surface area contributed by atoms with Gasteiger partial charge in [0.25, 0.3) is 5.91 Å². The van der Waals surface area contributed by atoms with Crippen molar-refractivity contribution in [2.75, 3.05) is 43.9 Å². The van der Waals surface area contributed by atoms with Gasteiger partial charge in [-0.3, -0.25) is 9.59 Å². The number of halogens is 1. The molecule has 8 nitrogen and oxygen atoms in total. The van der Waals surface area contributed by atoms with E-state index in [-0.39, 0.29) is 40.6 Å². The van der Waals surface area contributed by atoms with Crippen LogP contribution in [-0.4, -0.2) is 69.1 Å². The maximum Gasteiger partial charge on any atom is 0.255 e. The lowest BCUT2D eigenvalue weighted by Crippen LogP contribution is -2.49. The zero-order chi connectivity index (χ0) is 25.9. The summed E-state index contributed by atoms with van der Waals surface area (Å²) < 4.78 is 25.4. The van der Waals surface area contributed by atoms with Gasteiger partial charge in [-0.25, -0.2) is 13.4 Å². The molecule has 4 aliphatic rings. The molecule has 10 heteroatoms. The quantitative estimate of drug-likeness (QED) is 0.583. The van der Waals surface area contributed by atoms with Crippen molar-refractivity contribution in [3.05, 3.63) is 52.7 Å². The van der Waals surface area contributed by atoms with E-state index in [1.165, 1.54) is 42.9 Å². The number of piperazine rings is 1. The molecule has 2 aliphatic carbocycles. The summed E-state index contributed by atoms with van der Waals surface area (Å²) in [6, 6.07) is 7.21. The first-order valence-corrected chi connectivity index (χ1v) is 15.3. The number of benzene rings is 1. The van der Waals surface area contributed by atoms with Crippen LogP contribution in [0.4, 0.5) is 5.82 Å². The lowest BCUT2D eigenvalue weighted by Gasteiger charge is -2.36. The lowest BCUT2D eigenvalue weighted by molar-refractivity contribution is -0.120. The Morgan fingerprint density at radius 2 is 1.68 bits per heavy atom. The monoisotopic (exact) mass is 558 g/mol. The van der Waals surface area contributed by atoms with Gasteiger partial charge in [0.05, 0.1) is 16.4 Å². The summed E-state index contributed by atoms with van der Waals surface area (Å²) in [5.41, 5.74) is 3.53. The average molecular weight is 559 g/mol. The summed E-state index contributed by atoms with van der Waals surface area (Å²) >= 11 is 0. The minimum atomic E-state index is -3.67. The Balaban J connectivity index is 0.00000294. The number of hydrogen-bond donors (Lipinski definition) is 1. The van der Waals surface area contributed by atoms with Crippen LogP contribution < -0.4 is 10.2 Å². The number of aromatic nitrogens is 1. The fourth-order valence-electron chi connectivity index (χ4n) is 5.83. The van der Waals surface area contributed by atoms with Crippen molar-refractivity contribution >= 4 is 39.9 Å². The van der Waals surface area contributed by atoms with Crippen LogP contribution in [0, 0.1) is 5.92 Å². The molecule has 2 aliphatic heterocycles. The van der Waals surface area contributed by atoms with E-state index >= 15 is 0 Å². The van der Waals surface area contributed by atoms with Gasteiger partial charge in [-0.2, -0.15) is 0 Å². The predicted octanol–water partition coefficient (Wildman–Crippen LogP) is 3.47. The SMILES string of the molecule is CC1CNC(=O)[C@@H]1c1ccc(C(=O)N2CCN(c3ncc(C4CC4)cc3C3CC3)CC2)c(S(C)(=O)=O)c1.Cl. The van der Waals surface area contributed by atoms with E-state index in [1.54, 1.807) is 17.0 Å². The van der Waals surface area contributed by atoms with Gasteiger partial charge in [0.1, 0.15) is 5.82 Å². The highest BCUT2D eigenvalue weighted by molar-refractivity contribution is 7.90. The van der Waals surface area contributed by atoms with Crippen LogP contribution >= 0.6 is 12.4 Å². The highest BCUT2D eigenvalue weighted by Crippen LogP contribution is 2.47. The Bertz CT molecular complexity index is 1360. The molecule has 0 radical (unpaired) electrons. The largest absolute Gasteiger partial charge is 0.355 e. The second-order valence-electron chi connectivity index (χ2n) is 11.2. The van der Waals surface area contributed by atoms with Crippen LogP contribution in [0.1, 0.15) is 77.4 Å². The first kappa shape index (κ1) is 26.9. The molecule has 0 bridgehead atoms. The number of carbonyl (C=O) groups is 2. The normalized spacial score (nSPS) is 23.7. The average Bonchev–Trinajstić information content (AvgIpc) is 3.81. The Morgan fingerprint density at radius 1 is 1.00 bits per heavy atom. The van der Waals surface area contributed by atoms with Gasteiger partial charge >= 0.3 is 0 Å². The molecule has 2 saturated heterocycles. The van der Waals surface area contributed by atoms with Crippen LogP contribution in [0.3, 0.4) is 0 Å². The number of amides is 2. The minimum absolute atomic E-state index is 0. The van der Waals surface area contributed by atoms with Crippen molar-refractivity contribution in [1.29, 1.82) is 0 Å². The molecule has 1 N–H and O–H groups in total. The number of hydrogen-bond acceptors (Lipinski definition) is 6. The van der Waals surface area contributed by atoms with E-state index in [0.29, 0.717) is 50.1 Å². The van der Waals surface area contributed by atoms with Gasteiger partial charge in [0.2, 0.25) is 5.91 Å². The zero-order valence-electron chi connectivity index (χ0n) is 21.9. The van der Waals surface area contributed by atoms with Crippen molar-refractivity contribution in [3.8, 4) is 0 Å². The summed E-state index contributed by atoms with van der Waals surface area (Å²) in [7, 11) is -3.67. The number of nitrogens with one attached hydrogen (secondary N) is 1. The van der Waals surface area contributed by atoms with Crippen LogP contribution in [0.2, 0.25) is 0 Å². The molecule has 2 saturated carbocycles.